The van der Waals surface area contributed by atoms with Crippen molar-refractivity contribution in [2.24, 2.45) is 0 Å². The normalized spacial score (nSPS) is 12.2. The molecule has 29 heavy (non-hydrogen) atoms. The molecule has 3 aromatic heterocycles. The van der Waals surface area contributed by atoms with Crippen molar-refractivity contribution >= 4 is 22.8 Å². The predicted molar refractivity (Wildman–Crippen MR) is 107 cm³/mol. The van der Waals surface area contributed by atoms with Gasteiger partial charge in [-0.25, -0.2) is 23.7 Å². The van der Waals surface area contributed by atoms with E-state index in [0.717, 1.165) is 31.7 Å². The Morgan fingerprint density at radius 1 is 1.24 bits per heavy atom. The zero-order chi connectivity index (χ0) is 21.0. The maximum Gasteiger partial charge on any atom is 0.222 e. The number of nitrogens with zero attached hydrogens (tertiary/aromatic N) is 4. The molecule has 1 amide bonds. The first-order valence-corrected chi connectivity index (χ1v) is 9.47. The van der Waals surface area contributed by atoms with Crippen LogP contribution in [0.3, 0.4) is 0 Å². The Balaban J connectivity index is 1.67. The first-order chi connectivity index (χ1) is 13.8. The average molecular weight is 402 g/mol. The van der Waals surface area contributed by atoms with Gasteiger partial charge in [0.05, 0.1) is 12.4 Å². The zero-order valence-electron chi connectivity index (χ0n) is 16.7. The summed E-state index contributed by atoms with van der Waals surface area (Å²) in [5, 5.41) is 3.59. The maximum atomic E-state index is 14.2. The summed E-state index contributed by atoms with van der Waals surface area (Å²) in [6.45, 7) is 1.93. The van der Waals surface area contributed by atoms with E-state index in [1.54, 1.807) is 25.2 Å². The van der Waals surface area contributed by atoms with Crippen molar-refractivity contribution in [3.8, 4) is 11.4 Å². The summed E-state index contributed by atoms with van der Waals surface area (Å²) in [7, 11) is 3.47. The van der Waals surface area contributed by atoms with E-state index in [2.05, 4.69) is 25.3 Å². The molecule has 0 radical (unpaired) electrons. The number of halogens is 2. The van der Waals surface area contributed by atoms with E-state index in [9.17, 15) is 13.6 Å². The molecule has 3 rings (SSSR count). The number of aromatic amines is 1. The van der Waals surface area contributed by atoms with Crippen LogP contribution in [0.4, 0.5) is 14.6 Å². The summed E-state index contributed by atoms with van der Waals surface area (Å²) in [5.41, 5.74) is 1.05. The van der Waals surface area contributed by atoms with Crippen molar-refractivity contribution in [2.45, 2.75) is 38.6 Å². The Hall–Kier alpha value is -3.10. The van der Waals surface area contributed by atoms with E-state index in [1.807, 2.05) is 6.92 Å². The molecule has 0 spiro atoms. The minimum Gasteiger partial charge on any atom is -0.365 e. The van der Waals surface area contributed by atoms with E-state index >= 15 is 0 Å². The summed E-state index contributed by atoms with van der Waals surface area (Å²) in [6.07, 6.45) is 6.71. The van der Waals surface area contributed by atoms with Crippen molar-refractivity contribution in [3.63, 3.8) is 0 Å². The number of anilines is 1. The smallest absolute Gasteiger partial charge is 0.222 e. The number of carbonyl (C=O) groups excluding carboxylic acids is 1. The molecule has 0 unspecified atom stereocenters. The van der Waals surface area contributed by atoms with Gasteiger partial charge in [-0.15, -0.1) is 0 Å². The average Bonchev–Trinajstić information content (AvgIpc) is 3.09. The van der Waals surface area contributed by atoms with Crippen molar-refractivity contribution in [1.82, 2.24) is 24.8 Å². The Morgan fingerprint density at radius 2 is 2.03 bits per heavy atom. The van der Waals surface area contributed by atoms with Crippen LogP contribution in [0.1, 0.15) is 32.6 Å². The quantitative estimate of drug-likeness (QED) is 0.561. The number of H-pyrrole nitrogens is 1. The van der Waals surface area contributed by atoms with Gasteiger partial charge in [0.15, 0.2) is 17.5 Å². The fraction of sp³-hybridized carbons (Fsp3) is 0.400. The van der Waals surface area contributed by atoms with Crippen molar-refractivity contribution in [2.75, 3.05) is 19.4 Å². The van der Waals surface area contributed by atoms with E-state index in [1.165, 1.54) is 6.07 Å². The summed E-state index contributed by atoms with van der Waals surface area (Å²) in [6, 6.07) is 1.30. The standard InChI is InChI=1S/C20H24F2N6O/c1-12(6-4-5-7-17(29)28(2)3)26-20-16(22)11-25-19(27-20)15-10-24-18-14(15)8-13(21)9-23-18/h8-12H,4-7H2,1-3H3,(H,23,24)(H,25,26,27)/t12-/m1/s1. The number of amides is 1. The fourth-order valence-electron chi connectivity index (χ4n) is 3.02. The van der Waals surface area contributed by atoms with Crippen LogP contribution in [-0.2, 0) is 4.79 Å². The number of unbranched alkanes of at least 4 members (excludes halogenated alkanes) is 1. The van der Waals surface area contributed by atoms with Gasteiger partial charge in [-0.3, -0.25) is 4.79 Å². The van der Waals surface area contributed by atoms with Crippen LogP contribution in [0.25, 0.3) is 22.4 Å². The van der Waals surface area contributed by atoms with Crippen molar-refractivity contribution < 1.29 is 13.6 Å². The number of hydrogen-bond donors (Lipinski definition) is 2. The molecule has 0 aromatic carbocycles. The van der Waals surface area contributed by atoms with Gasteiger partial charge >= 0.3 is 0 Å². The molecule has 0 fully saturated rings. The van der Waals surface area contributed by atoms with Gasteiger partial charge in [-0.1, -0.05) is 6.42 Å². The maximum absolute atomic E-state index is 14.2. The molecule has 0 aliphatic carbocycles. The van der Waals surface area contributed by atoms with Crippen molar-refractivity contribution in [3.05, 3.63) is 36.3 Å². The van der Waals surface area contributed by atoms with E-state index in [4.69, 9.17) is 0 Å². The first-order valence-electron chi connectivity index (χ1n) is 9.47. The molecular formula is C20H24F2N6O. The molecule has 9 heteroatoms. The van der Waals surface area contributed by atoms with Gasteiger partial charge in [0.25, 0.3) is 0 Å². The minimum absolute atomic E-state index is 0.0382. The number of nitrogens with one attached hydrogen (secondary N) is 2. The third kappa shape index (κ3) is 5.04. The molecule has 154 valence electrons. The predicted octanol–water partition coefficient (Wildman–Crippen LogP) is 3.75. The van der Waals surface area contributed by atoms with Crippen LogP contribution in [0.15, 0.2) is 24.7 Å². The van der Waals surface area contributed by atoms with E-state index < -0.39 is 11.6 Å². The molecule has 3 heterocycles. The SMILES string of the molecule is C[C@H](CCCCC(=O)N(C)C)Nc1nc(-c2c[nH]c3ncc(F)cc23)ncc1F. The van der Waals surface area contributed by atoms with Crippen LogP contribution in [0.5, 0.6) is 0 Å². The molecule has 1 atom stereocenters. The second kappa shape index (κ2) is 8.93. The number of pyridine rings is 1. The highest BCUT2D eigenvalue weighted by Crippen LogP contribution is 2.27. The van der Waals surface area contributed by atoms with Crippen LogP contribution in [0.2, 0.25) is 0 Å². The molecule has 0 bridgehead atoms. The Morgan fingerprint density at radius 3 is 2.79 bits per heavy atom. The van der Waals surface area contributed by atoms with Crippen LogP contribution in [0, 0.1) is 11.6 Å². The van der Waals surface area contributed by atoms with Gasteiger partial charge in [0, 0.05) is 43.7 Å². The van der Waals surface area contributed by atoms with Gasteiger partial charge < -0.3 is 15.2 Å². The number of rotatable bonds is 8. The van der Waals surface area contributed by atoms with Gasteiger partial charge in [-0.05, 0) is 25.8 Å². The van der Waals surface area contributed by atoms with Gasteiger partial charge in [-0.2, -0.15) is 0 Å². The number of carbonyl (C=O) groups is 1. The minimum atomic E-state index is -0.562. The number of hydrogen-bond acceptors (Lipinski definition) is 5. The first kappa shape index (κ1) is 20.6. The van der Waals surface area contributed by atoms with Crippen LogP contribution >= 0.6 is 0 Å². The van der Waals surface area contributed by atoms with Crippen LogP contribution < -0.4 is 5.32 Å². The second-order valence-electron chi connectivity index (χ2n) is 7.22. The second-order valence-corrected chi connectivity index (χ2v) is 7.22. The van der Waals surface area contributed by atoms with Crippen molar-refractivity contribution in [1.29, 1.82) is 0 Å². The van der Waals surface area contributed by atoms with E-state index in [-0.39, 0.29) is 23.6 Å². The largest absolute Gasteiger partial charge is 0.365 e. The molecule has 0 aliphatic heterocycles. The molecule has 2 N–H and O–H groups in total. The topological polar surface area (TPSA) is 86.8 Å². The highest BCUT2D eigenvalue weighted by Gasteiger charge is 2.15. The summed E-state index contributed by atoms with van der Waals surface area (Å²) in [5.74, 6) is -0.573. The highest BCUT2D eigenvalue weighted by molar-refractivity contribution is 5.91. The summed E-state index contributed by atoms with van der Waals surface area (Å²) in [4.78, 5) is 28.4. The highest BCUT2D eigenvalue weighted by atomic mass is 19.1. The Labute approximate surface area is 167 Å². The molecule has 0 saturated heterocycles. The Kier molecular flexibility index (Phi) is 6.36. The zero-order valence-corrected chi connectivity index (χ0v) is 16.7. The molecule has 7 nitrogen and oxygen atoms in total. The molecule has 0 saturated carbocycles. The third-order valence-corrected chi connectivity index (χ3v) is 4.64. The van der Waals surface area contributed by atoms with Gasteiger partial charge in [0.2, 0.25) is 5.91 Å². The lowest BCUT2D eigenvalue weighted by molar-refractivity contribution is -0.128. The molecule has 3 aromatic rings. The van der Waals surface area contributed by atoms with Gasteiger partial charge in [0.1, 0.15) is 11.5 Å². The Bertz CT molecular complexity index is 1000. The summed E-state index contributed by atoms with van der Waals surface area (Å²) >= 11 is 0. The molecular weight excluding hydrogens is 378 g/mol. The summed E-state index contributed by atoms with van der Waals surface area (Å²) < 4.78 is 27.8. The lowest BCUT2D eigenvalue weighted by Gasteiger charge is -2.16. The monoisotopic (exact) mass is 402 g/mol. The number of fused-ring (bicyclic) bond motifs is 1. The van der Waals surface area contributed by atoms with E-state index in [0.29, 0.717) is 23.0 Å². The third-order valence-electron chi connectivity index (χ3n) is 4.64. The molecule has 0 aliphatic rings. The fourth-order valence-corrected chi connectivity index (χ4v) is 3.02. The number of aromatic nitrogens is 4. The lowest BCUT2D eigenvalue weighted by Crippen LogP contribution is -2.21. The van der Waals surface area contributed by atoms with Crippen LogP contribution in [-0.4, -0.2) is 50.9 Å². The lowest BCUT2D eigenvalue weighted by atomic mass is 10.1.